The summed E-state index contributed by atoms with van der Waals surface area (Å²) in [5, 5.41) is 13.3. The van der Waals surface area contributed by atoms with Gasteiger partial charge in [-0.05, 0) is 49.5 Å². The van der Waals surface area contributed by atoms with E-state index in [2.05, 4.69) is 37.3 Å². The van der Waals surface area contributed by atoms with Crippen LogP contribution in [0.5, 0.6) is 0 Å². The molecule has 1 atom stereocenters. The third-order valence-electron chi connectivity index (χ3n) is 6.22. The average molecular weight is 445 g/mol. The first-order valence-corrected chi connectivity index (χ1v) is 11.4. The van der Waals surface area contributed by atoms with Crippen molar-refractivity contribution in [1.82, 2.24) is 29.6 Å². The number of nitrogens with zero attached hydrogens (tertiary/aromatic N) is 5. The molecule has 8 heteroatoms. The highest BCUT2D eigenvalue weighted by Gasteiger charge is 2.22. The molecule has 0 spiro atoms. The van der Waals surface area contributed by atoms with Crippen LogP contribution in [0, 0.1) is 6.92 Å². The maximum atomic E-state index is 12.6. The van der Waals surface area contributed by atoms with Crippen molar-refractivity contribution < 1.29 is 9.90 Å². The SMILES string of the molecule is Cc1ncc(-c2ccc3nc(C(=O)NCC(O)CN4CCC5=CCCC=C5C4)cn3c2)cn1. The Morgan fingerprint density at radius 1 is 1.12 bits per heavy atom. The van der Waals surface area contributed by atoms with Crippen molar-refractivity contribution in [2.24, 2.45) is 0 Å². The lowest BCUT2D eigenvalue weighted by Crippen LogP contribution is -2.43. The van der Waals surface area contributed by atoms with Gasteiger partial charge in [-0.3, -0.25) is 9.69 Å². The van der Waals surface area contributed by atoms with Crippen LogP contribution in [-0.4, -0.2) is 67.5 Å². The molecule has 170 valence electrons. The maximum absolute atomic E-state index is 12.6. The summed E-state index contributed by atoms with van der Waals surface area (Å²) in [6.45, 7) is 4.39. The van der Waals surface area contributed by atoms with Gasteiger partial charge in [0.05, 0.1) is 6.10 Å². The Kier molecular flexibility index (Phi) is 6.02. The molecule has 8 nitrogen and oxygen atoms in total. The molecule has 2 N–H and O–H groups in total. The Morgan fingerprint density at radius 2 is 1.91 bits per heavy atom. The van der Waals surface area contributed by atoms with Gasteiger partial charge in [0.25, 0.3) is 5.91 Å². The molecular weight excluding hydrogens is 416 g/mol. The fourth-order valence-corrected chi connectivity index (χ4v) is 4.44. The second kappa shape index (κ2) is 9.25. The van der Waals surface area contributed by atoms with Crippen molar-refractivity contribution in [1.29, 1.82) is 0 Å². The zero-order chi connectivity index (χ0) is 22.8. The van der Waals surface area contributed by atoms with Gasteiger partial charge in [-0.15, -0.1) is 0 Å². The number of aryl methyl sites for hydroxylation is 1. The molecule has 2 aliphatic rings. The van der Waals surface area contributed by atoms with E-state index in [9.17, 15) is 9.90 Å². The monoisotopic (exact) mass is 444 g/mol. The van der Waals surface area contributed by atoms with Crippen LogP contribution in [0.25, 0.3) is 16.8 Å². The van der Waals surface area contributed by atoms with Gasteiger partial charge < -0.3 is 14.8 Å². The summed E-state index contributed by atoms with van der Waals surface area (Å²) in [6.07, 6.45) is 14.5. The third kappa shape index (κ3) is 4.86. The number of carbonyl (C=O) groups is 1. The second-order valence-corrected chi connectivity index (χ2v) is 8.71. The minimum absolute atomic E-state index is 0.191. The second-order valence-electron chi connectivity index (χ2n) is 8.71. The summed E-state index contributed by atoms with van der Waals surface area (Å²) in [5.41, 5.74) is 5.69. The lowest BCUT2D eigenvalue weighted by molar-refractivity contribution is 0.0859. The first-order valence-electron chi connectivity index (χ1n) is 11.4. The molecule has 3 aromatic rings. The fourth-order valence-electron chi connectivity index (χ4n) is 4.44. The van der Waals surface area contributed by atoms with Gasteiger partial charge in [-0.2, -0.15) is 0 Å². The topological polar surface area (TPSA) is 95.6 Å². The highest BCUT2D eigenvalue weighted by Crippen LogP contribution is 2.27. The standard InChI is InChI=1S/C25H28N6O2/c1-17-26-10-21(11-27-17)20-6-7-24-29-23(16-31(24)14-20)25(33)28-12-22(32)15-30-9-8-18-4-2-3-5-19(18)13-30/h4-7,10-11,14,16,22,32H,2-3,8-9,12-13,15H2,1H3,(H,28,33). The molecule has 3 aromatic heterocycles. The van der Waals surface area contributed by atoms with Crippen molar-refractivity contribution in [3.05, 3.63) is 71.7 Å². The molecule has 4 heterocycles. The number of hydrogen-bond donors (Lipinski definition) is 2. The first kappa shape index (κ1) is 21.5. The average Bonchev–Trinajstić information content (AvgIpc) is 3.26. The fraction of sp³-hybridized carbons (Fsp3) is 0.360. The van der Waals surface area contributed by atoms with Crippen molar-refractivity contribution in [3.8, 4) is 11.1 Å². The van der Waals surface area contributed by atoms with Gasteiger partial charge in [-0.25, -0.2) is 15.0 Å². The number of imidazole rings is 1. The van der Waals surface area contributed by atoms with Gasteiger partial charge in [0, 0.05) is 62.1 Å². The molecule has 1 unspecified atom stereocenters. The predicted molar refractivity (Wildman–Crippen MR) is 126 cm³/mol. The Hall–Kier alpha value is -3.36. The number of aromatic nitrogens is 4. The van der Waals surface area contributed by atoms with Crippen LogP contribution in [0.2, 0.25) is 0 Å². The molecule has 0 saturated carbocycles. The molecule has 1 fully saturated rings. The van der Waals surface area contributed by atoms with Crippen LogP contribution >= 0.6 is 0 Å². The number of aliphatic hydroxyl groups excluding tert-OH is 1. The number of rotatable bonds is 6. The van der Waals surface area contributed by atoms with Crippen LogP contribution in [-0.2, 0) is 0 Å². The van der Waals surface area contributed by atoms with Gasteiger partial charge >= 0.3 is 0 Å². The number of aliphatic hydroxyl groups is 1. The molecule has 1 amide bonds. The van der Waals surface area contributed by atoms with E-state index >= 15 is 0 Å². The van der Waals surface area contributed by atoms with Gasteiger partial charge in [0.1, 0.15) is 17.2 Å². The highest BCUT2D eigenvalue weighted by molar-refractivity contribution is 5.92. The minimum atomic E-state index is -0.631. The molecule has 1 aliphatic heterocycles. The Morgan fingerprint density at radius 3 is 2.73 bits per heavy atom. The minimum Gasteiger partial charge on any atom is -0.390 e. The molecule has 0 bridgehead atoms. The van der Waals surface area contributed by atoms with Crippen molar-refractivity contribution in [2.45, 2.75) is 32.3 Å². The number of likely N-dealkylation sites (tertiary alicyclic amines) is 1. The lowest BCUT2D eigenvalue weighted by Gasteiger charge is -2.33. The highest BCUT2D eigenvalue weighted by atomic mass is 16.3. The van der Waals surface area contributed by atoms with Crippen LogP contribution in [0.15, 0.2) is 60.2 Å². The first-order chi connectivity index (χ1) is 16.0. The number of fused-ring (bicyclic) bond motifs is 2. The number of amides is 1. The summed E-state index contributed by atoms with van der Waals surface area (Å²) in [7, 11) is 0. The van der Waals surface area contributed by atoms with Crippen LogP contribution in [0.3, 0.4) is 0 Å². The molecule has 5 rings (SSSR count). The number of allylic oxidation sites excluding steroid dienone is 2. The summed E-state index contributed by atoms with van der Waals surface area (Å²) in [6, 6.07) is 3.79. The number of hydrogen-bond acceptors (Lipinski definition) is 6. The van der Waals surface area contributed by atoms with Gasteiger partial charge in [0.2, 0.25) is 0 Å². The van der Waals surface area contributed by atoms with Gasteiger partial charge in [0.15, 0.2) is 0 Å². The Labute approximate surface area is 192 Å². The van der Waals surface area contributed by atoms with E-state index in [1.54, 1.807) is 18.6 Å². The van der Waals surface area contributed by atoms with E-state index in [4.69, 9.17) is 0 Å². The number of pyridine rings is 1. The normalized spacial score (nSPS) is 17.3. The van der Waals surface area contributed by atoms with Crippen LogP contribution < -0.4 is 5.32 Å². The van der Waals surface area contributed by atoms with Crippen LogP contribution in [0.1, 0.15) is 35.6 Å². The summed E-state index contributed by atoms with van der Waals surface area (Å²) in [5.74, 6) is 0.424. The summed E-state index contributed by atoms with van der Waals surface area (Å²) < 4.78 is 1.82. The lowest BCUT2D eigenvalue weighted by atomic mass is 9.91. The van der Waals surface area contributed by atoms with Gasteiger partial charge in [-0.1, -0.05) is 12.2 Å². The van der Waals surface area contributed by atoms with E-state index in [1.165, 1.54) is 11.1 Å². The number of piperidine rings is 1. The third-order valence-corrected chi connectivity index (χ3v) is 6.22. The largest absolute Gasteiger partial charge is 0.390 e. The Balaban J connectivity index is 1.18. The predicted octanol–water partition coefficient (Wildman–Crippen LogP) is 2.54. The summed E-state index contributed by atoms with van der Waals surface area (Å²) >= 11 is 0. The van der Waals surface area contributed by atoms with E-state index in [1.807, 2.05) is 29.7 Å². The van der Waals surface area contributed by atoms with Crippen molar-refractivity contribution in [3.63, 3.8) is 0 Å². The number of carbonyl (C=O) groups excluding carboxylic acids is 1. The van der Waals surface area contributed by atoms with Crippen molar-refractivity contribution >= 4 is 11.6 Å². The molecular formula is C25H28N6O2. The molecule has 0 radical (unpaired) electrons. The smallest absolute Gasteiger partial charge is 0.271 e. The van der Waals surface area contributed by atoms with E-state index in [0.29, 0.717) is 17.9 Å². The number of nitrogens with one attached hydrogen (secondary N) is 1. The summed E-state index contributed by atoms with van der Waals surface area (Å²) in [4.78, 5) is 27.8. The molecule has 1 saturated heterocycles. The molecule has 1 aliphatic carbocycles. The van der Waals surface area contributed by atoms with Crippen LogP contribution in [0.4, 0.5) is 0 Å². The van der Waals surface area contributed by atoms with E-state index in [0.717, 1.165) is 49.3 Å². The molecule has 33 heavy (non-hydrogen) atoms. The zero-order valence-corrected chi connectivity index (χ0v) is 18.7. The molecule has 0 aromatic carbocycles. The zero-order valence-electron chi connectivity index (χ0n) is 18.7. The Bertz CT molecular complexity index is 1230. The maximum Gasteiger partial charge on any atom is 0.271 e. The van der Waals surface area contributed by atoms with E-state index in [-0.39, 0.29) is 12.5 Å². The van der Waals surface area contributed by atoms with E-state index < -0.39 is 6.10 Å². The van der Waals surface area contributed by atoms with Crippen molar-refractivity contribution in [2.75, 3.05) is 26.2 Å². The quantitative estimate of drug-likeness (QED) is 0.607. The number of β-amino-alcohol motifs (C(OH)–C–C–N with tert-alkyl or cyclic N) is 1.